The Balaban J connectivity index is 2.97. The molecular formula is C13H17ClINO2. The van der Waals surface area contributed by atoms with Crippen molar-refractivity contribution in [2.75, 3.05) is 6.61 Å². The van der Waals surface area contributed by atoms with Crippen molar-refractivity contribution in [3.63, 3.8) is 0 Å². The SMILES string of the molecule is CCC(CC)(CO)NC(=O)c1cc(Cl)ccc1I. The number of halogens is 2. The third-order valence-corrected chi connectivity index (χ3v) is 4.38. The minimum absolute atomic E-state index is 0.0666. The Hall–Kier alpha value is -0.330. The lowest BCUT2D eigenvalue weighted by Crippen LogP contribution is -2.50. The number of amides is 1. The number of hydrogen-bond donors (Lipinski definition) is 2. The van der Waals surface area contributed by atoms with Gasteiger partial charge in [0.1, 0.15) is 0 Å². The molecule has 0 atom stereocenters. The van der Waals surface area contributed by atoms with Crippen LogP contribution in [-0.4, -0.2) is 23.2 Å². The van der Waals surface area contributed by atoms with Crippen LogP contribution in [0.15, 0.2) is 18.2 Å². The predicted molar refractivity (Wildman–Crippen MR) is 82.0 cm³/mol. The van der Waals surface area contributed by atoms with Gasteiger partial charge in [0.05, 0.1) is 17.7 Å². The fourth-order valence-electron chi connectivity index (χ4n) is 1.67. The molecular weight excluding hydrogens is 365 g/mol. The third kappa shape index (κ3) is 3.59. The maximum atomic E-state index is 12.2. The molecule has 2 N–H and O–H groups in total. The van der Waals surface area contributed by atoms with Crippen molar-refractivity contribution in [2.24, 2.45) is 0 Å². The summed E-state index contributed by atoms with van der Waals surface area (Å²) in [7, 11) is 0. The molecule has 5 heteroatoms. The third-order valence-electron chi connectivity index (χ3n) is 3.21. The molecule has 1 aromatic rings. The second-order valence-corrected chi connectivity index (χ2v) is 5.82. The quantitative estimate of drug-likeness (QED) is 0.770. The van der Waals surface area contributed by atoms with E-state index >= 15 is 0 Å². The van der Waals surface area contributed by atoms with E-state index < -0.39 is 5.54 Å². The number of nitrogens with one attached hydrogen (secondary N) is 1. The second-order valence-electron chi connectivity index (χ2n) is 4.22. The normalized spacial score (nSPS) is 11.4. The smallest absolute Gasteiger partial charge is 0.252 e. The molecule has 0 saturated heterocycles. The molecule has 0 saturated carbocycles. The van der Waals surface area contributed by atoms with E-state index in [4.69, 9.17) is 11.6 Å². The molecule has 0 heterocycles. The topological polar surface area (TPSA) is 49.3 Å². The van der Waals surface area contributed by atoms with Crippen LogP contribution in [-0.2, 0) is 0 Å². The van der Waals surface area contributed by atoms with Crippen LogP contribution in [0.5, 0.6) is 0 Å². The first-order valence-corrected chi connectivity index (χ1v) is 7.32. The maximum Gasteiger partial charge on any atom is 0.252 e. The van der Waals surface area contributed by atoms with Crippen LogP contribution in [0.1, 0.15) is 37.0 Å². The summed E-state index contributed by atoms with van der Waals surface area (Å²) in [6.07, 6.45) is 1.37. The van der Waals surface area contributed by atoms with Crippen LogP contribution >= 0.6 is 34.2 Å². The Bertz CT molecular complexity index is 425. The Morgan fingerprint density at radius 1 is 1.44 bits per heavy atom. The number of aliphatic hydroxyl groups is 1. The molecule has 3 nitrogen and oxygen atoms in total. The Kier molecular flexibility index (Phi) is 5.88. The highest BCUT2D eigenvalue weighted by molar-refractivity contribution is 14.1. The van der Waals surface area contributed by atoms with Gasteiger partial charge in [0.2, 0.25) is 0 Å². The van der Waals surface area contributed by atoms with Crippen molar-refractivity contribution in [2.45, 2.75) is 32.2 Å². The Morgan fingerprint density at radius 2 is 2.06 bits per heavy atom. The van der Waals surface area contributed by atoms with Gasteiger partial charge in [-0.05, 0) is 53.6 Å². The summed E-state index contributed by atoms with van der Waals surface area (Å²) in [5, 5.41) is 12.9. The van der Waals surface area contributed by atoms with Crippen LogP contribution in [0.4, 0.5) is 0 Å². The first kappa shape index (κ1) is 15.7. The van der Waals surface area contributed by atoms with Crippen molar-refractivity contribution < 1.29 is 9.90 Å². The molecule has 100 valence electrons. The van der Waals surface area contributed by atoms with Gasteiger partial charge in [-0.1, -0.05) is 25.4 Å². The van der Waals surface area contributed by atoms with E-state index in [1.165, 1.54) is 0 Å². The van der Waals surface area contributed by atoms with E-state index in [1.54, 1.807) is 18.2 Å². The summed E-state index contributed by atoms with van der Waals surface area (Å²) in [5.41, 5.74) is -0.00881. The molecule has 0 aliphatic rings. The van der Waals surface area contributed by atoms with Crippen molar-refractivity contribution in [1.29, 1.82) is 0 Å². The zero-order chi connectivity index (χ0) is 13.8. The fourth-order valence-corrected chi connectivity index (χ4v) is 2.42. The lowest BCUT2D eigenvalue weighted by atomic mass is 9.93. The zero-order valence-corrected chi connectivity index (χ0v) is 13.4. The summed E-state index contributed by atoms with van der Waals surface area (Å²) < 4.78 is 0.841. The van der Waals surface area contributed by atoms with E-state index in [9.17, 15) is 9.90 Å². The van der Waals surface area contributed by atoms with Crippen LogP contribution in [0.2, 0.25) is 5.02 Å². The Labute approximate surface area is 126 Å². The molecule has 0 radical (unpaired) electrons. The average Bonchev–Trinajstić information content (AvgIpc) is 2.38. The molecule has 0 aliphatic carbocycles. The van der Waals surface area contributed by atoms with E-state index in [0.717, 1.165) is 3.57 Å². The molecule has 0 aliphatic heterocycles. The van der Waals surface area contributed by atoms with Gasteiger partial charge in [0.25, 0.3) is 5.91 Å². The van der Waals surface area contributed by atoms with Crippen molar-refractivity contribution in [3.8, 4) is 0 Å². The molecule has 0 unspecified atom stereocenters. The number of carbonyl (C=O) groups excluding carboxylic acids is 1. The van der Waals surface area contributed by atoms with Gasteiger partial charge in [0.15, 0.2) is 0 Å². The van der Waals surface area contributed by atoms with Gasteiger partial charge < -0.3 is 10.4 Å². The van der Waals surface area contributed by atoms with Crippen molar-refractivity contribution in [1.82, 2.24) is 5.32 Å². The van der Waals surface area contributed by atoms with Crippen LogP contribution in [0.3, 0.4) is 0 Å². The largest absolute Gasteiger partial charge is 0.394 e. The molecule has 18 heavy (non-hydrogen) atoms. The zero-order valence-electron chi connectivity index (χ0n) is 10.5. The van der Waals surface area contributed by atoms with E-state index in [1.807, 2.05) is 13.8 Å². The van der Waals surface area contributed by atoms with Gasteiger partial charge in [-0.2, -0.15) is 0 Å². The summed E-state index contributed by atoms with van der Waals surface area (Å²) in [6, 6.07) is 5.20. The molecule has 1 amide bonds. The molecule has 1 rings (SSSR count). The van der Waals surface area contributed by atoms with Gasteiger partial charge in [-0.15, -0.1) is 0 Å². The van der Waals surface area contributed by atoms with Gasteiger partial charge in [-0.3, -0.25) is 4.79 Å². The highest BCUT2D eigenvalue weighted by Gasteiger charge is 2.28. The minimum atomic E-state index is -0.553. The number of aliphatic hydroxyl groups excluding tert-OH is 1. The average molecular weight is 382 g/mol. The molecule has 0 bridgehead atoms. The Morgan fingerprint density at radius 3 is 2.56 bits per heavy atom. The van der Waals surface area contributed by atoms with E-state index in [2.05, 4.69) is 27.9 Å². The number of rotatable bonds is 5. The van der Waals surface area contributed by atoms with Crippen LogP contribution < -0.4 is 5.32 Å². The minimum Gasteiger partial charge on any atom is -0.394 e. The number of benzene rings is 1. The highest BCUT2D eigenvalue weighted by Crippen LogP contribution is 2.20. The summed E-state index contributed by atoms with van der Waals surface area (Å²) in [5.74, 6) is -0.195. The first-order chi connectivity index (χ1) is 8.48. The maximum absolute atomic E-state index is 12.2. The van der Waals surface area contributed by atoms with Crippen molar-refractivity contribution >= 4 is 40.1 Å². The van der Waals surface area contributed by atoms with Gasteiger partial charge >= 0.3 is 0 Å². The highest BCUT2D eigenvalue weighted by atomic mass is 127. The standard InChI is InChI=1S/C13H17ClINO2/c1-3-13(4-2,8-17)16-12(18)10-7-9(14)5-6-11(10)15/h5-7,17H,3-4,8H2,1-2H3,(H,16,18). The van der Waals surface area contributed by atoms with Crippen LogP contribution in [0, 0.1) is 3.57 Å². The lowest BCUT2D eigenvalue weighted by molar-refractivity contribution is 0.0817. The van der Waals surface area contributed by atoms with E-state index in [0.29, 0.717) is 23.4 Å². The summed E-state index contributed by atoms with van der Waals surface area (Å²) >= 11 is 8.00. The monoisotopic (exact) mass is 381 g/mol. The van der Waals surface area contributed by atoms with Crippen molar-refractivity contribution in [3.05, 3.63) is 32.4 Å². The van der Waals surface area contributed by atoms with E-state index in [-0.39, 0.29) is 12.5 Å². The molecule has 0 aromatic heterocycles. The summed E-state index contributed by atoms with van der Waals surface area (Å²) in [4.78, 5) is 12.2. The van der Waals surface area contributed by atoms with Gasteiger partial charge in [-0.25, -0.2) is 0 Å². The molecule has 0 fully saturated rings. The fraction of sp³-hybridized carbons (Fsp3) is 0.462. The predicted octanol–water partition coefficient (Wildman–Crippen LogP) is 3.23. The van der Waals surface area contributed by atoms with Gasteiger partial charge in [0, 0.05) is 8.59 Å². The second kappa shape index (κ2) is 6.73. The molecule has 0 spiro atoms. The first-order valence-electron chi connectivity index (χ1n) is 5.86. The summed E-state index contributed by atoms with van der Waals surface area (Å²) in [6.45, 7) is 3.83. The number of hydrogen-bond acceptors (Lipinski definition) is 2. The van der Waals surface area contributed by atoms with Crippen LogP contribution in [0.25, 0.3) is 0 Å². The lowest BCUT2D eigenvalue weighted by Gasteiger charge is -2.30. The number of carbonyl (C=O) groups is 1. The molecule has 1 aromatic carbocycles.